The molecule has 0 spiro atoms. The normalized spacial score (nSPS) is 9.42. The van der Waals surface area contributed by atoms with E-state index in [0.29, 0.717) is 6.54 Å². The number of carbonyl (C=O) groups excluding carboxylic acids is 1. The fourth-order valence-corrected chi connectivity index (χ4v) is 1.45. The highest BCUT2D eigenvalue weighted by Crippen LogP contribution is 2.10. The zero-order valence-electron chi connectivity index (χ0n) is 6.83. The van der Waals surface area contributed by atoms with Crippen LogP contribution in [0.5, 0.6) is 0 Å². The van der Waals surface area contributed by atoms with E-state index in [1.807, 2.05) is 6.92 Å². The molecule has 0 aliphatic heterocycles. The second kappa shape index (κ2) is 4.01. The first-order valence-corrected chi connectivity index (χ1v) is 4.41. The van der Waals surface area contributed by atoms with Crippen LogP contribution in [0, 0.1) is 6.92 Å². The zero-order chi connectivity index (χ0) is 8.97. The van der Waals surface area contributed by atoms with E-state index in [-0.39, 0.29) is 5.91 Å². The van der Waals surface area contributed by atoms with Gasteiger partial charge in [0.15, 0.2) is 0 Å². The Morgan fingerprint density at radius 2 is 2.67 bits per heavy atom. The number of aromatic nitrogens is 1. The van der Waals surface area contributed by atoms with Crippen molar-refractivity contribution in [2.24, 2.45) is 0 Å². The molecule has 1 heterocycles. The number of carbonyl (C=O) groups is 1. The van der Waals surface area contributed by atoms with Crippen LogP contribution in [0.25, 0.3) is 0 Å². The van der Waals surface area contributed by atoms with Gasteiger partial charge >= 0.3 is 0 Å². The predicted molar refractivity (Wildman–Crippen MR) is 48.9 cm³/mol. The minimum Gasteiger partial charge on any atom is -0.348 e. The van der Waals surface area contributed by atoms with Crippen molar-refractivity contribution in [3.8, 4) is 0 Å². The Hall–Kier alpha value is -1.16. The standard InChI is InChI=1S/C8H10N2OS/c1-3-8(11)9-4-7-6(2)10-5-12-7/h3,5H,1,4H2,2H3,(H,9,11). The molecule has 0 aliphatic carbocycles. The number of amides is 1. The summed E-state index contributed by atoms with van der Waals surface area (Å²) in [5.74, 6) is -0.150. The van der Waals surface area contributed by atoms with Gasteiger partial charge in [-0.05, 0) is 13.0 Å². The van der Waals surface area contributed by atoms with E-state index in [1.54, 1.807) is 16.8 Å². The Bertz CT molecular complexity index is 293. The third-order valence-corrected chi connectivity index (χ3v) is 2.39. The first kappa shape index (κ1) is 8.93. The molecule has 1 aromatic heterocycles. The number of thiazole rings is 1. The maximum Gasteiger partial charge on any atom is 0.243 e. The SMILES string of the molecule is C=CC(=O)NCc1scnc1C. The van der Waals surface area contributed by atoms with Crippen LogP contribution in [0.4, 0.5) is 0 Å². The van der Waals surface area contributed by atoms with Gasteiger partial charge in [-0.15, -0.1) is 11.3 Å². The van der Waals surface area contributed by atoms with Gasteiger partial charge in [0.25, 0.3) is 0 Å². The lowest BCUT2D eigenvalue weighted by Crippen LogP contribution is -2.19. The number of aryl methyl sites for hydroxylation is 1. The molecule has 1 rings (SSSR count). The van der Waals surface area contributed by atoms with Crippen molar-refractivity contribution in [3.63, 3.8) is 0 Å². The van der Waals surface area contributed by atoms with Gasteiger partial charge in [-0.1, -0.05) is 6.58 Å². The molecule has 0 saturated carbocycles. The van der Waals surface area contributed by atoms with E-state index in [0.717, 1.165) is 10.6 Å². The lowest BCUT2D eigenvalue weighted by Gasteiger charge is -1.98. The molecule has 0 fully saturated rings. The van der Waals surface area contributed by atoms with Crippen molar-refractivity contribution in [3.05, 3.63) is 28.7 Å². The number of nitrogens with zero attached hydrogens (tertiary/aromatic N) is 1. The minimum absolute atomic E-state index is 0.150. The fraction of sp³-hybridized carbons (Fsp3) is 0.250. The van der Waals surface area contributed by atoms with Crippen molar-refractivity contribution in [2.75, 3.05) is 0 Å². The van der Waals surface area contributed by atoms with Gasteiger partial charge in [0, 0.05) is 4.88 Å². The highest BCUT2D eigenvalue weighted by molar-refractivity contribution is 7.09. The minimum atomic E-state index is -0.150. The molecular formula is C8H10N2OS. The fourth-order valence-electron chi connectivity index (χ4n) is 0.735. The van der Waals surface area contributed by atoms with Crippen molar-refractivity contribution in [1.29, 1.82) is 0 Å². The van der Waals surface area contributed by atoms with Crippen LogP contribution in [0.15, 0.2) is 18.2 Å². The smallest absolute Gasteiger partial charge is 0.243 e. The van der Waals surface area contributed by atoms with Crippen LogP contribution in [-0.2, 0) is 11.3 Å². The molecule has 12 heavy (non-hydrogen) atoms. The summed E-state index contributed by atoms with van der Waals surface area (Å²) in [4.78, 5) is 15.9. The van der Waals surface area contributed by atoms with E-state index in [9.17, 15) is 4.79 Å². The van der Waals surface area contributed by atoms with Gasteiger partial charge in [-0.3, -0.25) is 4.79 Å². The van der Waals surface area contributed by atoms with Crippen LogP contribution in [0.2, 0.25) is 0 Å². The lowest BCUT2D eigenvalue weighted by atomic mass is 10.4. The Balaban J connectivity index is 2.48. The molecule has 1 amide bonds. The summed E-state index contributed by atoms with van der Waals surface area (Å²) in [6.45, 7) is 5.82. The Kier molecular flexibility index (Phi) is 2.99. The summed E-state index contributed by atoms with van der Waals surface area (Å²) in [7, 11) is 0. The van der Waals surface area contributed by atoms with E-state index in [4.69, 9.17) is 0 Å². The lowest BCUT2D eigenvalue weighted by molar-refractivity contribution is -0.116. The highest BCUT2D eigenvalue weighted by Gasteiger charge is 2.01. The molecule has 0 aliphatic rings. The van der Waals surface area contributed by atoms with E-state index in [1.165, 1.54) is 6.08 Å². The summed E-state index contributed by atoms with van der Waals surface area (Å²) in [6.07, 6.45) is 1.26. The van der Waals surface area contributed by atoms with Crippen LogP contribution >= 0.6 is 11.3 Å². The summed E-state index contributed by atoms with van der Waals surface area (Å²) in [5, 5.41) is 2.69. The van der Waals surface area contributed by atoms with Crippen LogP contribution in [0.3, 0.4) is 0 Å². The molecule has 0 atom stereocenters. The second-order valence-electron chi connectivity index (χ2n) is 2.28. The van der Waals surface area contributed by atoms with Gasteiger partial charge in [-0.2, -0.15) is 0 Å². The molecular weight excluding hydrogens is 172 g/mol. The number of hydrogen-bond acceptors (Lipinski definition) is 3. The first-order chi connectivity index (χ1) is 5.74. The Morgan fingerprint density at radius 1 is 1.92 bits per heavy atom. The zero-order valence-corrected chi connectivity index (χ0v) is 7.65. The highest BCUT2D eigenvalue weighted by atomic mass is 32.1. The average Bonchev–Trinajstić information content (AvgIpc) is 2.47. The summed E-state index contributed by atoms with van der Waals surface area (Å²) in [5.41, 5.74) is 2.74. The third-order valence-electron chi connectivity index (χ3n) is 1.45. The second-order valence-corrected chi connectivity index (χ2v) is 3.22. The molecule has 1 aromatic rings. The summed E-state index contributed by atoms with van der Waals surface area (Å²) in [6, 6.07) is 0. The number of nitrogens with one attached hydrogen (secondary N) is 1. The van der Waals surface area contributed by atoms with E-state index < -0.39 is 0 Å². The van der Waals surface area contributed by atoms with E-state index >= 15 is 0 Å². The maximum absolute atomic E-state index is 10.8. The van der Waals surface area contributed by atoms with Crippen molar-refractivity contribution in [1.82, 2.24) is 10.3 Å². The predicted octanol–water partition coefficient (Wildman–Crippen LogP) is 1.25. The van der Waals surface area contributed by atoms with Crippen LogP contribution in [-0.4, -0.2) is 10.9 Å². The monoisotopic (exact) mass is 182 g/mol. The Labute approximate surface area is 75.1 Å². The van der Waals surface area contributed by atoms with Gasteiger partial charge in [0.2, 0.25) is 5.91 Å². The average molecular weight is 182 g/mol. The first-order valence-electron chi connectivity index (χ1n) is 3.53. The van der Waals surface area contributed by atoms with Crippen LogP contribution in [0.1, 0.15) is 10.6 Å². The maximum atomic E-state index is 10.8. The molecule has 0 saturated heterocycles. The molecule has 3 nitrogen and oxygen atoms in total. The number of hydrogen-bond donors (Lipinski definition) is 1. The van der Waals surface area contributed by atoms with Gasteiger partial charge in [-0.25, -0.2) is 4.98 Å². The van der Waals surface area contributed by atoms with Crippen LogP contribution < -0.4 is 5.32 Å². The van der Waals surface area contributed by atoms with Gasteiger partial charge in [0.05, 0.1) is 17.7 Å². The molecule has 0 bridgehead atoms. The Morgan fingerprint density at radius 3 is 3.17 bits per heavy atom. The van der Waals surface area contributed by atoms with Gasteiger partial charge < -0.3 is 5.32 Å². The molecule has 0 unspecified atom stereocenters. The summed E-state index contributed by atoms with van der Waals surface area (Å²) >= 11 is 1.54. The van der Waals surface area contributed by atoms with Crippen molar-refractivity contribution >= 4 is 17.2 Å². The third kappa shape index (κ3) is 2.17. The van der Waals surface area contributed by atoms with E-state index in [2.05, 4.69) is 16.9 Å². The quantitative estimate of drug-likeness (QED) is 0.715. The van der Waals surface area contributed by atoms with Crippen molar-refractivity contribution in [2.45, 2.75) is 13.5 Å². The van der Waals surface area contributed by atoms with Crippen molar-refractivity contribution < 1.29 is 4.79 Å². The number of rotatable bonds is 3. The molecule has 4 heteroatoms. The van der Waals surface area contributed by atoms with Gasteiger partial charge in [0.1, 0.15) is 0 Å². The molecule has 1 N–H and O–H groups in total. The topological polar surface area (TPSA) is 42.0 Å². The molecule has 64 valence electrons. The molecule has 0 radical (unpaired) electrons. The molecule has 0 aromatic carbocycles. The largest absolute Gasteiger partial charge is 0.348 e. The summed E-state index contributed by atoms with van der Waals surface area (Å²) < 4.78 is 0.